The zero-order valence-corrected chi connectivity index (χ0v) is 7.85. The molecule has 1 aromatic carbocycles. The molecule has 0 aliphatic rings. The molecule has 12 heavy (non-hydrogen) atoms. The lowest BCUT2D eigenvalue weighted by atomic mass is 10.2. The van der Waals surface area contributed by atoms with Crippen LogP contribution in [-0.2, 0) is 15.4 Å². The van der Waals surface area contributed by atoms with Gasteiger partial charge >= 0.3 is 0 Å². The highest BCUT2D eigenvalue weighted by molar-refractivity contribution is 7.80. The van der Waals surface area contributed by atoms with Gasteiger partial charge in [0.2, 0.25) is 11.1 Å². The van der Waals surface area contributed by atoms with E-state index in [4.69, 9.17) is 0 Å². The van der Waals surface area contributed by atoms with Crippen molar-refractivity contribution in [1.29, 1.82) is 0 Å². The molecule has 0 spiro atoms. The van der Waals surface area contributed by atoms with Gasteiger partial charge in [0.1, 0.15) is 0 Å². The third-order valence-corrected chi connectivity index (χ3v) is 2.35. The van der Waals surface area contributed by atoms with Crippen LogP contribution in [0.3, 0.4) is 0 Å². The van der Waals surface area contributed by atoms with Crippen LogP contribution in [0.15, 0.2) is 29.2 Å². The minimum absolute atomic E-state index is 0.662. The number of hydroxylamine groups is 1. The van der Waals surface area contributed by atoms with Crippen LogP contribution >= 0.6 is 0 Å². The van der Waals surface area contributed by atoms with Gasteiger partial charge in [-0.1, -0.05) is 17.7 Å². The Morgan fingerprint density at radius 3 is 2.42 bits per heavy atom. The molecule has 1 rings (SSSR count). The fourth-order valence-electron chi connectivity index (χ4n) is 0.773. The minimum Gasteiger partial charge on any atom is -0.223 e. The van der Waals surface area contributed by atoms with Gasteiger partial charge in [-0.25, -0.2) is 4.21 Å². The Bertz CT molecular complexity index is 271. The summed E-state index contributed by atoms with van der Waals surface area (Å²) in [4.78, 5) is 0.662. The van der Waals surface area contributed by atoms with E-state index in [1.54, 1.807) is 19.2 Å². The maximum Gasteiger partial charge on any atom is 0.206 e. The third-order valence-electron chi connectivity index (χ3n) is 1.37. The predicted molar refractivity (Wildman–Crippen MR) is 47.7 cm³/mol. The highest BCUT2D eigenvalue weighted by Gasteiger charge is 2.01. The highest BCUT2D eigenvalue weighted by Crippen LogP contribution is 2.07. The van der Waals surface area contributed by atoms with Crippen molar-refractivity contribution in [2.75, 3.05) is 7.05 Å². The topological polar surface area (TPSA) is 38.3 Å². The summed E-state index contributed by atoms with van der Waals surface area (Å²) in [5, 5.41) is 0. The molecular weight excluding hydrogens is 174 g/mol. The maximum absolute atomic E-state index is 11.2. The summed E-state index contributed by atoms with van der Waals surface area (Å²) < 4.78 is 15.9. The molecular formula is C8H11NO2S. The molecule has 0 aromatic heterocycles. The zero-order chi connectivity index (χ0) is 8.97. The number of nitrogens with one attached hydrogen (secondary N) is 1. The molecule has 0 radical (unpaired) electrons. The fourth-order valence-corrected chi connectivity index (χ4v) is 1.38. The molecule has 1 unspecified atom stereocenters. The Labute approximate surface area is 74.4 Å². The molecule has 0 heterocycles. The highest BCUT2D eigenvalue weighted by atomic mass is 32.2. The first-order valence-electron chi connectivity index (χ1n) is 3.56. The normalized spacial score (nSPS) is 12.8. The van der Waals surface area contributed by atoms with Gasteiger partial charge < -0.3 is 0 Å². The summed E-state index contributed by atoms with van der Waals surface area (Å²) in [5.41, 5.74) is 3.52. The molecule has 4 heteroatoms. The zero-order valence-electron chi connectivity index (χ0n) is 7.03. The smallest absolute Gasteiger partial charge is 0.206 e. The molecule has 0 saturated carbocycles. The van der Waals surface area contributed by atoms with E-state index < -0.39 is 11.1 Å². The monoisotopic (exact) mass is 185 g/mol. The molecule has 0 aliphatic carbocycles. The Kier molecular flexibility index (Phi) is 3.40. The Morgan fingerprint density at radius 1 is 1.33 bits per heavy atom. The molecule has 1 N–H and O–H groups in total. The standard InChI is InChI=1S/C8H11NO2S/c1-7-3-5-8(6-4-7)12(10)11-9-2/h3-6,9H,1-2H3. The maximum atomic E-state index is 11.2. The van der Waals surface area contributed by atoms with Gasteiger partial charge in [0.25, 0.3) is 0 Å². The molecule has 0 saturated heterocycles. The van der Waals surface area contributed by atoms with Gasteiger partial charge in [0, 0.05) is 7.05 Å². The van der Waals surface area contributed by atoms with E-state index in [0.29, 0.717) is 4.90 Å². The van der Waals surface area contributed by atoms with Crippen molar-refractivity contribution >= 4 is 11.1 Å². The molecule has 1 atom stereocenters. The number of aryl methyl sites for hydroxylation is 1. The average molecular weight is 185 g/mol. The SMILES string of the molecule is CNOS(=O)c1ccc(C)cc1. The molecule has 0 fully saturated rings. The van der Waals surface area contributed by atoms with Crippen molar-refractivity contribution in [3.63, 3.8) is 0 Å². The van der Waals surface area contributed by atoms with E-state index in [1.165, 1.54) is 0 Å². The van der Waals surface area contributed by atoms with Crippen molar-refractivity contribution in [1.82, 2.24) is 5.48 Å². The van der Waals surface area contributed by atoms with Gasteiger partial charge in [-0.2, -0.15) is 9.76 Å². The second-order valence-electron chi connectivity index (χ2n) is 2.34. The molecule has 0 aliphatic heterocycles. The van der Waals surface area contributed by atoms with Crippen LogP contribution in [0.2, 0.25) is 0 Å². The molecule has 3 nitrogen and oxygen atoms in total. The lowest BCUT2D eigenvalue weighted by Gasteiger charge is -2.00. The third kappa shape index (κ3) is 2.41. The Morgan fingerprint density at radius 2 is 1.92 bits per heavy atom. The van der Waals surface area contributed by atoms with E-state index in [1.807, 2.05) is 19.1 Å². The van der Waals surface area contributed by atoms with Crippen LogP contribution in [0, 0.1) is 6.92 Å². The van der Waals surface area contributed by atoms with Crippen LogP contribution in [0.4, 0.5) is 0 Å². The first-order valence-corrected chi connectivity index (χ1v) is 4.64. The van der Waals surface area contributed by atoms with Gasteiger partial charge in [0.15, 0.2) is 0 Å². The van der Waals surface area contributed by atoms with Crippen LogP contribution in [0.25, 0.3) is 0 Å². The minimum atomic E-state index is -1.40. The van der Waals surface area contributed by atoms with Gasteiger partial charge in [-0.15, -0.1) is 0 Å². The Balaban J connectivity index is 2.75. The fraction of sp³-hybridized carbons (Fsp3) is 0.250. The molecule has 0 amide bonds. The van der Waals surface area contributed by atoms with Gasteiger partial charge in [-0.05, 0) is 19.1 Å². The number of rotatable bonds is 3. The second kappa shape index (κ2) is 4.35. The van der Waals surface area contributed by atoms with E-state index in [-0.39, 0.29) is 0 Å². The van der Waals surface area contributed by atoms with Crippen molar-refractivity contribution in [3.05, 3.63) is 29.8 Å². The lowest BCUT2D eigenvalue weighted by molar-refractivity contribution is 0.252. The number of benzene rings is 1. The largest absolute Gasteiger partial charge is 0.223 e. The first kappa shape index (κ1) is 9.38. The summed E-state index contributed by atoms with van der Waals surface area (Å²) in [6.07, 6.45) is 0. The first-order chi connectivity index (χ1) is 5.74. The van der Waals surface area contributed by atoms with Crippen molar-refractivity contribution in [3.8, 4) is 0 Å². The lowest BCUT2D eigenvalue weighted by Crippen LogP contribution is -2.09. The molecule has 1 aromatic rings. The van der Waals surface area contributed by atoms with E-state index >= 15 is 0 Å². The van der Waals surface area contributed by atoms with E-state index in [9.17, 15) is 4.21 Å². The van der Waals surface area contributed by atoms with E-state index in [0.717, 1.165) is 5.56 Å². The van der Waals surface area contributed by atoms with Gasteiger partial charge in [0.05, 0.1) is 4.90 Å². The van der Waals surface area contributed by atoms with Crippen LogP contribution in [0.1, 0.15) is 5.56 Å². The van der Waals surface area contributed by atoms with Crippen LogP contribution in [0.5, 0.6) is 0 Å². The second-order valence-corrected chi connectivity index (χ2v) is 3.44. The predicted octanol–water partition coefficient (Wildman–Crippen LogP) is 1.17. The summed E-state index contributed by atoms with van der Waals surface area (Å²) >= 11 is -1.40. The Hall–Kier alpha value is -0.710. The van der Waals surface area contributed by atoms with Crippen LogP contribution < -0.4 is 5.48 Å². The molecule has 0 bridgehead atoms. The summed E-state index contributed by atoms with van der Waals surface area (Å²) in [6, 6.07) is 7.35. The summed E-state index contributed by atoms with van der Waals surface area (Å²) in [6.45, 7) is 1.98. The van der Waals surface area contributed by atoms with Crippen LogP contribution in [-0.4, -0.2) is 11.3 Å². The van der Waals surface area contributed by atoms with E-state index in [2.05, 4.69) is 9.76 Å². The summed E-state index contributed by atoms with van der Waals surface area (Å²) in [7, 11) is 1.58. The molecule has 66 valence electrons. The number of hydrogen-bond donors (Lipinski definition) is 1. The van der Waals surface area contributed by atoms with Crippen molar-refractivity contribution < 1.29 is 8.49 Å². The average Bonchev–Trinajstić information content (AvgIpc) is 2.06. The van der Waals surface area contributed by atoms with Crippen molar-refractivity contribution in [2.24, 2.45) is 0 Å². The number of hydrogen-bond acceptors (Lipinski definition) is 3. The quantitative estimate of drug-likeness (QED) is 0.718. The summed E-state index contributed by atoms with van der Waals surface area (Å²) in [5.74, 6) is 0. The van der Waals surface area contributed by atoms with Gasteiger partial charge in [-0.3, -0.25) is 0 Å². The van der Waals surface area contributed by atoms with Crippen molar-refractivity contribution in [2.45, 2.75) is 11.8 Å².